The van der Waals surface area contributed by atoms with Gasteiger partial charge in [-0.25, -0.2) is 0 Å². The van der Waals surface area contributed by atoms with Crippen LogP contribution in [0.1, 0.15) is 90.3 Å². The molecule has 3 bridgehead atoms. The molecule has 4 rings (SSSR count). The summed E-state index contributed by atoms with van der Waals surface area (Å²) in [5.74, 6) is 5.07. The lowest BCUT2D eigenvalue weighted by Crippen LogP contribution is -2.43. The molecule has 3 saturated carbocycles. The summed E-state index contributed by atoms with van der Waals surface area (Å²) in [7, 11) is 0. The van der Waals surface area contributed by atoms with E-state index in [1.165, 1.54) is 38.5 Å². The highest BCUT2D eigenvalue weighted by Gasteiger charge is 2.49. The Kier molecular flexibility index (Phi) is 5.06. The number of rotatable bonds is 6. The molecular weight excluding hydrogens is 338 g/mol. The molecule has 1 aromatic heterocycles. The van der Waals surface area contributed by atoms with Crippen molar-refractivity contribution in [1.29, 1.82) is 0 Å². The molecular formula is C22H35N3O2. The zero-order chi connectivity index (χ0) is 19.2. The Morgan fingerprint density at radius 2 is 2.00 bits per heavy atom. The number of carbonyl (C=O) groups is 1. The third kappa shape index (κ3) is 4.07. The Balaban J connectivity index is 1.35. The van der Waals surface area contributed by atoms with Gasteiger partial charge in [0.25, 0.3) is 0 Å². The predicted octanol–water partition coefficient (Wildman–Crippen LogP) is 4.48. The quantitative estimate of drug-likeness (QED) is 0.798. The number of carbonyl (C=O) groups excluding carboxylic acids is 1. The molecule has 5 nitrogen and oxygen atoms in total. The largest absolute Gasteiger partial charge is 0.353 e. The summed E-state index contributed by atoms with van der Waals surface area (Å²) in [5, 5.41) is 7.51. The zero-order valence-electron chi connectivity index (χ0n) is 17.3. The van der Waals surface area contributed by atoms with Crippen molar-refractivity contribution >= 4 is 5.91 Å². The first-order chi connectivity index (χ1) is 12.8. The van der Waals surface area contributed by atoms with Gasteiger partial charge in [0.1, 0.15) is 0 Å². The van der Waals surface area contributed by atoms with Gasteiger partial charge in [-0.3, -0.25) is 4.79 Å². The first kappa shape index (κ1) is 18.9. The van der Waals surface area contributed by atoms with Crippen molar-refractivity contribution in [3.05, 3.63) is 11.7 Å². The molecule has 5 atom stereocenters. The zero-order valence-corrected chi connectivity index (χ0v) is 17.3. The van der Waals surface area contributed by atoms with Gasteiger partial charge in [-0.15, -0.1) is 0 Å². The highest BCUT2D eigenvalue weighted by atomic mass is 16.5. The monoisotopic (exact) mass is 373 g/mol. The van der Waals surface area contributed by atoms with Gasteiger partial charge in [0.2, 0.25) is 11.8 Å². The normalized spacial score (nSPS) is 32.7. The van der Waals surface area contributed by atoms with Gasteiger partial charge in [0.15, 0.2) is 5.82 Å². The van der Waals surface area contributed by atoms with Gasteiger partial charge in [0.05, 0.1) is 0 Å². The van der Waals surface area contributed by atoms with E-state index in [1.54, 1.807) is 0 Å². The van der Waals surface area contributed by atoms with Crippen LogP contribution in [0, 0.1) is 29.1 Å². The first-order valence-corrected chi connectivity index (χ1v) is 10.9. The van der Waals surface area contributed by atoms with E-state index in [1.807, 2.05) is 0 Å². The molecule has 1 heterocycles. The SMILES string of the molecule is CC(C)c1noc(CC(C)(C)CC(=O)NC2C3CC4CCCC2C(C4)C3)n1. The summed E-state index contributed by atoms with van der Waals surface area (Å²) in [6.07, 6.45) is 9.32. The number of nitrogens with one attached hydrogen (secondary N) is 1. The second-order valence-electron chi connectivity index (χ2n) is 10.5. The van der Waals surface area contributed by atoms with Crippen molar-refractivity contribution in [2.24, 2.45) is 29.1 Å². The van der Waals surface area contributed by atoms with E-state index >= 15 is 0 Å². The number of nitrogens with zero attached hydrogens (tertiary/aromatic N) is 2. The summed E-state index contributed by atoms with van der Waals surface area (Å²) >= 11 is 0. The summed E-state index contributed by atoms with van der Waals surface area (Å²) in [4.78, 5) is 17.4. The second-order valence-corrected chi connectivity index (χ2v) is 10.5. The fourth-order valence-corrected chi connectivity index (χ4v) is 6.06. The van der Waals surface area contributed by atoms with Crippen molar-refractivity contribution in [2.45, 2.75) is 91.0 Å². The van der Waals surface area contributed by atoms with Crippen LogP contribution in [0.3, 0.4) is 0 Å². The van der Waals surface area contributed by atoms with E-state index < -0.39 is 0 Å². The van der Waals surface area contributed by atoms with Crippen LogP contribution in [0.2, 0.25) is 0 Å². The van der Waals surface area contributed by atoms with E-state index in [2.05, 4.69) is 43.2 Å². The van der Waals surface area contributed by atoms with E-state index in [0.717, 1.165) is 29.5 Å². The molecule has 5 unspecified atom stereocenters. The molecule has 3 aliphatic carbocycles. The van der Waals surface area contributed by atoms with Crippen LogP contribution >= 0.6 is 0 Å². The fourth-order valence-electron chi connectivity index (χ4n) is 6.06. The Hall–Kier alpha value is -1.39. The van der Waals surface area contributed by atoms with Gasteiger partial charge in [-0.1, -0.05) is 45.7 Å². The Morgan fingerprint density at radius 3 is 2.74 bits per heavy atom. The first-order valence-electron chi connectivity index (χ1n) is 10.9. The Morgan fingerprint density at radius 1 is 1.22 bits per heavy atom. The lowest BCUT2D eigenvalue weighted by Gasteiger charge is -2.31. The summed E-state index contributed by atoms with van der Waals surface area (Å²) in [5.41, 5.74) is -0.187. The van der Waals surface area contributed by atoms with Gasteiger partial charge in [0, 0.05) is 24.8 Å². The smallest absolute Gasteiger partial charge is 0.227 e. The molecule has 0 radical (unpaired) electrons. The summed E-state index contributed by atoms with van der Waals surface area (Å²) < 4.78 is 5.39. The summed E-state index contributed by atoms with van der Waals surface area (Å²) in [6, 6.07) is 0.416. The Labute approximate surface area is 163 Å². The Bertz CT molecular complexity index is 681. The van der Waals surface area contributed by atoms with Crippen LogP contribution in [0.4, 0.5) is 0 Å². The summed E-state index contributed by atoms with van der Waals surface area (Å²) in [6.45, 7) is 8.35. The van der Waals surface area contributed by atoms with Crippen LogP contribution in [0.5, 0.6) is 0 Å². The molecule has 0 aromatic carbocycles. The molecule has 3 fully saturated rings. The predicted molar refractivity (Wildman–Crippen MR) is 104 cm³/mol. The maximum absolute atomic E-state index is 12.9. The lowest BCUT2D eigenvalue weighted by molar-refractivity contribution is -0.124. The average molecular weight is 374 g/mol. The van der Waals surface area contributed by atoms with Crippen LogP contribution in [-0.2, 0) is 11.2 Å². The standard InChI is InChI=1S/C22H35N3O2/c1-13(2)21-24-19(27-25-21)12-22(3,4)11-18(26)23-20-16-9-14-6-5-7-17(20)15(8-14)10-16/h13-17,20H,5-12H2,1-4H3,(H,23,26). The molecule has 1 N–H and O–H groups in total. The fraction of sp³-hybridized carbons (Fsp3) is 0.864. The van der Waals surface area contributed by atoms with Gasteiger partial charge >= 0.3 is 0 Å². The molecule has 0 aliphatic heterocycles. The van der Waals surface area contributed by atoms with Crippen LogP contribution in [0.25, 0.3) is 0 Å². The number of amides is 1. The number of fused-ring (bicyclic) bond motifs is 2. The van der Waals surface area contributed by atoms with Crippen molar-refractivity contribution in [3.8, 4) is 0 Å². The third-order valence-corrected chi connectivity index (χ3v) is 7.20. The molecule has 27 heavy (non-hydrogen) atoms. The second kappa shape index (κ2) is 7.21. The average Bonchev–Trinajstić information content (AvgIpc) is 3.07. The van der Waals surface area contributed by atoms with Gasteiger partial charge < -0.3 is 9.84 Å². The maximum Gasteiger partial charge on any atom is 0.227 e. The lowest BCUT2D eigenvalue weighted by atomic mass is 9.79. The molecule has 5 heteroatoms. The van der Waals surface area contributed by atoms with Crippen LogP contribution < -0.4 is 5.32 Å². The molecule has 0 saturated heterocycles. The molecule has 1 amide bonds. The number of hydrogen-bond acceptors (Lipinski definition) is 4. The maximum atomic E-state index is 12.9. The van der Waals surface area contributed by atoms with E-state index in [-0.39, 0.29) is 17.2 Å². The minimum Gasteiger partial charge on any atom is -0.353 e. The van der Waals surface area contributed by atoms with Crippen molar-refractivity contribution in [1.82, 2.24) is 15.5 Å². The molecule has 0 spiro atoms. The topological polar surface area (TPSA) is 68.0 Å². The molecule has 1 aromatic rings. The highest BCUT2D eigenvalue weighted by Crippen LogP contribution is 2.53. The van der Waals surface area contributed by atoms with Crippen molar-refractivity contribution < 1.29 is 9.32 Å². The van der Waals surface area contributed by atoms with E-state index in [0.29, 0.717) is 24.8 Å². The van der Waals surface area contributed by atoms with Gasteiger partial charge in [-0.05, 0) is 54.8 Å². The van der Waals surface area contributed by atoms with E-state index in [9.17, 15) is 4.79 Å². The van der Waals surface area contributed by atoms with Crippen molar-refractivity contribution in [2.75, 3.05) is 0 Å². The van der Waals surface area contributed by atoms with Crippen molar-refractivity contribution in [3.63, 3.8) is 0 Å². The number of aromatic nitrogens is 2. The minimum atomic E-state index is -0.187. The molecule has 3 aliphatic rings. The minimum absolute atomic E-state index is 0.187. The number of hydrogen-bond donors (Lipinski definition) is 1. The van der Waals surface area contributed by atoms with Crippen LogP contribution in [-0.4, -0.2) is 22.1 Å². The van der Waals surface area contributed by atoms with Crippen LogP contribution in [0.15, 0.2) is 4.52 Å². The van der Waals surface area contributed by atoms with Gasteiger partial charge in [-0.2, -0.15) is 4.98 Å². The highest BCUT2D eigenvalue weighted by molar-refractivity contribution is 5.77. The van der Waals surface area contributed by atoms with E-state index in [4.69, 9.17) is 4.52 Å². The third-order valence-electron chi connectivity index (χ3n) is 7.20. The molecule has 150 valence electrons.